The summed E-state index contributed by atoms with van der Waals surface area (Å²) in [6.07, 6.45) is 5.37. The average molecular weight is 171 g/mol. The summed E-state index contributed by atoms with van der Waals surface area (Å²) in [5.74, 6) is 0. The van der Waals surface area contributed by atoms with Crippen LogP contribution in [0.25, 0.3) is 0 Å². The van der Waals surface area contributed by atoms with E-state index >= 15 is 0 Å². The molecule has 65 valence electrons. The van der Waals surface area contributed by atoms with Crippen molar-refractivity contribution in [3.63, 3.8) is 0 Å². The van der Waals surface area contributed by atoms with Crippen LogP contribution in [-0.4, -0.2) is 15.6 Å². The SMILES string of the molecule is CCC(CC)[Si]1CCCCO1. The minimum atomic E-state index is -0.388. The molecule has 0 aromatic carbocycles. The molecule has 1 radical (unpaired) electrons. The van der Waals surface area contributed by atoms with Crippen molar-refractivity contribution in [1.29, 1.82) is 0 Å². The lowest BCUT2D eigenvalue weighted by atomic mass is 10.3. The first-order valence-corrected chi connectivity index (χ1v) is 6.56. The van der Waals surface area contributed by atoms with Crippen LogP contribution in [0, 0.1) is 0 Å². The van der Waals surface area contributed by atoms with Gasteiger partial charge in [0, 0.05) is 6.61 Å². The molecule has 1 heterocycles. The highest BCUT2D eigenvalue weighted by atomic mass is 28.3. The zero-order valence-corrected chi connectivity index (χ0v) is 8.73. The zero-order valence-electron chi connectivity index (χ0n) is 7.73. The third-order valence-electron chi connectivity index (χ3n) is 2.55. The first-order chi connectivity index (χ1) is 5.38. The molecule has 0 unspecified atom stereocenters. The quantitative estimate of drug-likeness (QED) is 0.593. The molecule has 1 fully saturated rings. The molecule has 0 saturated carbocycles. The molecule has 1 rings (SSSR count). The topological polar surface area (TPSA) is 9.23 Å². The van der Waals surface area contributed by atoms with E-state index in [4.69, 9.17) is 4.43 Å². The summed E-state index contributed by atoms with van der Waals surface area (Å²) in [6, 6.07) is 1.40. The molecule has 11 heavy (non-hydrogen) atoms. The first-order valence-electron chi connectivity index (χ1n) is 4.87. The van der Waals surface area contributed by atoms with Crippen LogP contribution in [0.4, 0.5) is 0 Å². The van der Waals surface area contributed by atoms with E-state index in [1.807, 2.05) is 0 Å². The van der Waals surface area contributed by atoms with Gasteiger partial charge in [-0.3, -0.25) is 0 Å². The standard InChI is InChI=1S/C9H19OSi/c1-3-9(4-2)11-8-6-5-7-10-11/h9H,3-8H2,1-2H3. The van der Waals surface area contributed by atoms with Crippen LogP contribution in [0.2, 0.25) is 11.6 Å². The molecule has 0 N–H and O–H groups in total. The van der Waals surface area contributed by atoms with E-state index in [1.165, 1.54) is 31.7 Å². The Morgan fingerprint density at radius 2 is 2.00 bits per heavy atom. The highest BCUT2D eigenvalue weighted by Crippen LogP contribution is 2.26. The molecular weight excluding hydrogens is 152 g/mol. The molecule has 0 aromatic heterocycles. The van der Waals surface area contributed by atoms with Crippen molar-refractivity contribution in [3.05, 3.63) is 0 Å². The Labute approximate surface area is 71.9 Å². The van der Waals surface area contributed by atoms with Crippen LogP contribution in [0.15, 0.2) is 0 Å². The minimum Gasteiger partial charge on any atom is -0.416 e. The van der Waals surface area contributed by atoms with Gasteiger partial charge in [0.2, 0.25) is 9.04 Å². The van der Waals surface area contributed by atoms with Gasteiger partial charge in [-0.15, -0.1) is 0 Å². The lowest BCUT2D eigenvalue weighted by Gasteiger charge is -2.26. The average Bonchev–Trinajstić information content (AvgIpc) is 2.09. The van der Waals surface area contributed by atoms with Crippen LogP contribution in [0.5, 0.6) is 0 Å². The van der Waals surface area contributed by atoms with E-state index in [0.717, 1.165) is 12.1 Å². The van der Waals surface area contributed by atoms with Crippen LogP contribution < -0.4 is 0 Å². The van der Waals surface area contributed by atoms with E-state index < -0.39 is 0 Å². The van der Waals surface area contributed by atoms with Crippen LogP contribution in [0.1, 0.15) is 39.5 Å². The number of rotatable bonds is 3. The molecule has 0 aliphatic carbocycles. The second-order valence-corrected chi connectivity index (χ2v) is 5.82. The molecule has 0 aromatic rings. The smallest absolute Gasteiger partial charge is 0.214 e. The Hall–Kier alpha value is 0.177. The molecular formula is C9H19OSi. The van der Waals surface area contributed by atoms with E-state index in [0.29, 0.717) is 0 Å². The van der Waals surface area contributed by atoms with Crippen LogP contribution in [0.3, 0.4) is 0 Å². The highest BCUT2D eigenvalue weighted by molar-refractivity contribution is 6.53. The second-order valence-electron chi connectivity index (χ2n) is 3.29. The zero-order chi connectivity index (χ0) is 8.10. The van der Waals surface area contributed by atoms with Gasteiger partial charge in [0.05, 0.1) is 0 Å². The van der Waals surface area contributed by atoms with Crippen molar-refractivity contribution in [3.8, 4) is 0 Å². The molecule has 0 bridgehead atoms. The molecule has 0 atom stereocenters. The van der Waals surface area contributed by atoms with Gasteiger partial charge in [-0.05, 0) is 18.0 Å². The summed E-state index contributed by atoms with van der Waals surface area (Å²) in [5.41, 5.74) is 0.917. The molecule has 1 aliphatic rings. The van der Waals surface area contributed by atoms with Gasteiger partial charge in [-0.25, -0.2) is 0 Å². The monoisotopic (exact) mass is 171 g/mol. The lowest BCUT2D eigenvalue weighted by molar-refractivity contribution is 0.277. The highest BCUT2D eigenvalue weighted by Gasteiger charge is 2.24. The Balaban J connectivity index is 2.30. The van der Waals surface area contributed by atoms with Crippen molar-refractivity contribution in [1.82, 2.24) is 0 Å². The summed E-state index contributed by atoms with van der Waals surface area (Å²) >= 11 is 0. The van der Waals surface area contributed by atoms with E-state index in [1.54, 1.807) is 0 Å². The largest absolute Gasteiger partial charge is 0.416 e. The maximum absolute atomic E-state index is 5.82. The minimum absolute atomic E-state index is 0.388. The van der Waals surface area contributed by atoms with E-state index in [-0.39, 0.29) is 9.04 Å². The summed E-state index contributed by atoms with van der Waals surface area (Å²) in [5, 5.41) is 0. The fraction of sp³-hybridized carbons (Fsp3) is 1.00. The first kappa shape index (κ1) is 9.27. The number of hydrogen-bond acceptors (Lipinski definition) is 1. The summed E-state index contributed by atoms with van der Waals surface area (Å²) in [6.45, 7) is 5.64. The summed E-state index contributed by atoms with van der Waals surface area (Å²) < 4.78 is 5.82. The van der Waals surface area contributed by atoms with Gasteiger partial charge in [-0.2, -0.15) is 0 Å². The van der Waals surface area contributed by atoms with Gasteiger partial charge in [-0.1, -0.05) is 33.1 Å². The normalized spacial score (nSPS) is 21.0. The molecule has 1 nitrogen and oxygen atoms in total. The summed E-state index contributed by atoms with van der Waals surface area (Å²) in [4.78, 5) is 0. The summed E-state index contributed by atoms with van der Waals surface area (Å²) in [7, 11) is -0.388. The third kappa shape index (κ3) is 2.60. The van der Waals surface area contributed by atoms with Gasteiger partial charge in [0.1, 0.15) is 0 Å². The maximum atomic E-state index is 5.82. The lowest BCUT2D eigenvalue weighted by Crippen LogP contribution is -2.28. The molecule has 1 saturated heterocycles. The van der Waals surface area contributed by atoms with Gasteiger partial charge in [0.25, 0.3) is 0 Å². The molecule has 0 spiro atoms. The van der Waals surface area contributed by atoms with Crippen molar-refractivity contribution >= 4 is 9.04 Å². The van der Waals surface area contributed by atoms with E-state index in [9.17, 15) is 0 Å². The van der Waals surface area contributed by atoms with Crippen molar-refractivity contribution in [2.45, 2.75) is 51.1 Å². The molecule has 0 amide bonds. The van der Waals surface area contributed by atoms with Gasteiger partial charge < -0.3 is 4.43 Å². The second kappa shape index (κ2) is 4.94. The van der Waals surface area contributed by atoms with Crippen molar-refractivity contribution < 1.29 is 4.43 Å². The predicted octanol–water partition coefficient (Wildman–Crippen LogP) is 2.98. The predicted molar refractivity (Wildman–Crippen MR) is 50.1 cm³/mol. The fourth-order valence-corrected chi connectivity index (χ4v) is 4.45. The van der Waals surface area contributed by atoms with Crippen LogP contribution >= 0.6 is 0 Å². The van der Waals surface area contributed by atoms with Gasteiger partial charge in [0.15, 0.2) is 0 Å². The maximum Gasteiger partial charge on any atom is 0.214 e. The Morgan fingerprint density at radius 1 is 1.27 bits per heavy atom. The Morgan fingerprint density at radius 3 is 2.45 bits per heavy atom. The molecule has 1 aliphatic heterocycles. The van der Waals surface area contributed by atoms with Crippen LogP contribution in [-0.2, 0) is 4.43 Å². The van der Waals surface area contributed by atoms with E-state index in [2.05, 4.69) is 13.8 Å². The Bertz CT molecular complexity index is 95.7. The number of hydrogen-bond donors (Lipinski definition) is 0. The Kier molecular flexibility index (Phi) is 4.16. The molecule has 2 heteroatoms. The van der Waals surface area contributed by atoms with Crippen molar-refractivity contribution in [2.24, 2.45) is 0 Å². The van der Waals surface area contributed by atoms with Gasteiger partial charge >= 0.3 is 0 Å². The third-order valence-corrected chi connectivity index (χ3v) is 5.69. The fourth-order valence-electron chi connectivity index (χ4n) is 1.74. The van der Waals surface area contributed by atoms with Crippen molar-refractivity contribution in [2.75, 3.05) is 6.61 Å².